The monoisotopic (exact) mass is 899 g/mol. The summed E-state index contributed by atoms with van der Waals surface area (Å²) in [6, 6.07) is 21.4. The summed E-state index contributed by atoms with van der Waals surface area (Å²) >= 11 is 1.51. The molecule has 0 fully saturated rings. The number of hydrogen-bond acceptors (Lipinski definition) is 8. The second-order valence-electron chi connectivity index (χ2n) is 14.7. The van der Waals surface area contributed by atoms with Gasteiger partial charge in [0.05, 0.1) is 22.9 Å². The molecule has 1 aromatic heterocycles. The highest BCUT2D eigenvalue weighted by atomic mass is 32.2. The minimum absolute atomic E-state index is 0.0975. The van der Waals surface area contributed by atoms with E-state index >= 15 is 0 Å². The molecule has 0 bridgehead atoms. The summed E-state index contributed by atoms with van der Waals surface area (Å²) in [7, 11) is -14.4. The number of nitrogens with zero attached hydrogens (tertiary/aromatic N) is 2. The predicted octanol–water partition coefficient (Wildman–Crippen LogP) is 7.71. The Morgan fingerprint density at radius 1 is 0.754 bits per heavy atom. The molecular weight excluding hydrogens is 861 g/mol. The average Bonchev–Trinajstić information content (AvgIpc) is 3.69. The molecule has 17 heteroatoms. The van der Waals surface area contributed by atoms with Crippen molar-refractivity contribution >= 4 is 98.0 Å². The van der Waals surface area contributed by atoms with E-state index in [4.69, 9.17) is 0 Å². The van der Waals surface area contributed by atoms with Gasteiger partial charge in [-0.2, -0.15) is 29.8 Å². The molecule has 1 aliphatic heterocycles. The van der Waals surface area contributed by atoms with Gasteiger partial charge in [-0.1, -0.05) is 66.4 Å². The van der Waals surface area contributed by atoms with Gasteiger partial charge < -0.3 is 9.67 Å². The van der Waals surface area contributed by atoms with Crippen molar-refractivity contribution in [2.75, 3.05) is 6.54 Å². The number of hydrogen-bond donors (Lipinski definition) is 4. The zero-order valence-electron chi connectivity index (χ0n) is 32.7. The number of benzene rings is 5. The number of aromatic nitrogens is 1. The summed E-state index contributed by atoms with van der Waals surface area (Å²) < 4.78 is 109. The van der Waals surface area contributed by atoms with E-state index in [2.05, 4.69) is 4.58 Å². The first kappa shape index (κ1) is 42.3. The third kappa shape index (κ3) is 7.75. The molecule has 4 N–H and O–H groups in total. The molecule has 314 valence electrons. The fraction of sp³-hybridized carbons (Fsp3) is 0.182. The van der Waals surface area contributed by atoms with E-state index in [1.165, 1.54) is 23.9 Å². The Labute approximate surface area is 356 Å². The summed E-state index contributed by atoms with van der Waals surface area (Å²) in [6.45, 7) is 4.61. The zero-order chi connectivity index (χ0) is 43.6. The number of carbonyl (C=O) groups is 1. The molecule has 13 nitrogen and oxygen atoms in total. The second kappa shape index (κ2) is 15.8. The number of carboxylic acids is 1. The summed E-state index contributed by atoms with van der Waals surface area (Å²) in [5.74, 6) is -0.942. The summed E-state index contributed by atoms with van der Waals surface area (Å²) in [4.78, 5) is 11.7. The van der Waals surface area contributed by atoms with E-state index < -0.39 is 46.1 Å². The Balaban J connectivity index is 1.32. The highest BCUT2D eigenvalue weighted by Crippen LogP contribution is 2.43. The molecule has 1 aliphatic carbocycles. The van der Waals surface area contributed by atoms with Crippen LogP contribution in [0.3, 0.4) is 0 Å². The van der Waals surface area contributed by atoms with Gasteiger partial charge in [0.15, 0.2) is 0 Å². The Morgan fingerprint density at radius 2 is 1.41 bits per heavy atom. The van der Waals surface area contributed by atoms with Gasteiger partial charge in [0.25, 0.3) is 30.4 Å². The molecule has 0 spiro atoms. The highest BCUT2D eigenvalue weighted by Gasteiger charge is 2.33. The maximum Gasteiger partial charge on any atom is 0.307 e. The molecule has 0 saturated heterocycles. The quantitative estimate of drug-likeness (QED) is 0.0688. The Hall–Kier alpha value is -5.40. The minimum Gasteiger partial charge on any atom is -0.481 e. The van der Waals surface area contributed by atoms with Crippen LogP contribution in [0.1, 0.15) is 44.2 Å². The van der Waals surface area contributed by atoms with Crippen LogP contribution in [0.4, 0.5) is 5.69 Å². The van der Waals surface area contributed by atoms with Crippen LogP contribution in [0.25, 0.3) is 38.5 Å². The number of aryl methyl sites for hydroxylation is 1. The van der Waals surface area contributed by atoms with E-state index in [1.54, 1.807) is 54.0 Å². The summed E-state index contributed by atoms with van der Waals surface area (Å²) in [5, 5.41) is 11.9. The zero-order valence-corrected chi connectivity index (χ0v) is 36.0. The Morgan fingerprint density at radius 3 is 2.05 bits per heavy atom. The molecule has 6 aromatic rings. The van der Waals surface area contributed by atoms with Crippen molar-refractivity contribution in [2.45, 2.75) is 65.7 Å². The largest absolute Gasteiger partial charge is 0.481 e. The van der Waals surface area contributed by atoms with Crippen molar-refractivity contribution in [3.8, 4) is 0 Å². The second-order valence-corrected chi connectivity index (χ2v) is 19.9. The van der Waals surface area contributed by atoms with E-state index in [9.17, 15) is 48.8 Å². The first-order chi connectivity index (χ1) is 28.9. The van der Waals surface area contributed by atoms with Crippen LogP contribution in [0.2, 0.25) is 0 Å². The number of thioether (sulfide) groups is 1. The first-order valence-corrected chi connectivity index (χ1v) is 24.4. The van der Waals surface area contributed by atoms with Gasteiger partial charge in [0.2, 0.25) is 11.4 Å². The fourth-order valence-corrected chi connectivity index (χ4v) is 11.9. The van der Waals surface area contributed by atoms with Crippen LogP contribution in [-0.2, 0) is 48.1 Å². The van der Waals surface area contributed by atoms with Gasteiger partial charge in [-0.3, -0.25) is 18.5 Å². The first-order valence-electron chi connectivity index (χ1n) is 19.2. The van der Waals surface area contributed by atoms with E-state index in [-0.39, 0.29) is 34.2 Å². The molecule has 5 aromatic carbocycles. The molecule has 0 atom stereocenters. The number of allylic oxidation sites excluding steroid dienone is 5. The smallest absolute Gasteiger partial charge is 0.307 e. The van der Waals surface area contributed by atoms with Gasteiger partial charge in [-0.05, 0) is 86.2 Å². The van der Waals surface area contributed by atoms with Crippen LogP contribution < -0.4 is 5.35 Å². The maximum atomic E-state index is 12.8. The van der Waals surface area contributed by atoms with Gasteiger partial charge in [0, 0.05) is 55.4 Å². The lowest BCUT2D eigenvalue weighted by Gasteiger charge is -2.21. The van der Waals surface area contributed by atoms with Crippen LogP contribution in [0.5, 0.6) is 0 Å². The Bertz CT molecular complexity index is 3400. The van der Waals surface area contributed by atoms with Crippen LogP contribution in [0, 0.1) is 0 Å². The standard InChI is InChI=1S/C44H38N2O11S4/c1-3-45-34(30-10-6-12-32-37(59(49,50)51)23-22-36(45)41(30)32)20-16-27-8-5-9-28(44(27)58-29-18-14-26(15-19-29)24-40(47)48)17-21-35-31-11-7-13-33-38(60(52,53)54)25-39(61(55,56)57)43(42(31)33)46(35)4-2/h6-7,10-23,25H,3-5,8-9,24H2,1-2H3,(H3-,47,48,49,50,51,52,53,54,55,56,57)/p+1. The lowest BCUT2D eigenvalue weighted by Crippen LogP contribution is -2.16. The molecule has 0 unspecified atom stereocenters. The van der Waals surface area contributed by atoms with Gasteiger partial charge >= 0.3 is 5.97 Å². The normalized spacial score (nSPS) is 16.1. The topological polar surface area (TPSA) is 208 Å². The van der Waals surface area contributed by atoms with Crippen molar-refractivity contribution in [1.29, 1.82) is 0 Å². The molecule has 2 aliphatic rings. The van der Waals surface area contributed by atoms with Crippen LogP contribution >= 0.6 is 11.8 Å². The Kier molecular flexibility index (Phi) is 11.0. The maximum absolute atomic E-state index is 12.8. The van der Waals surface area contributed by atoms with E-state index in [0.29, 0.717) is 46.5 Å². The van der Waals surface area contributed by atoms with Gasteiger partial charge in [-0.25, -0.2) is 0 Å². The fourth-order valence-electron chi connectivity index (χ4n) is 8.57. The van der Waals surface area contributed by atoms with Crippen LogP contribution in [-0.4, -0.2) is 71.4 Å². The van der Waals surface area contributed by atoms with Crippen LogP contribution in [0.15, 0.2) is 133 Å². The van der Waals surface area contributed by atoms with Gasteiger partial charge in [0.1, 0.15) is 21.2 Å². The SMILES string of the molecule is CCn1/c(=C/C=C2\CCCC(/C=C/C3=[N+](CC)c4ccc(S(=O)(=O)O)c5cccc3c45)=C2Sc2ccc(CC(=O)O)cc2)c2cccc3c(S(=O)(=O)O)cc(S(=O)(=O)O)c1c32. The number of rotatable bonds is 12. The summed E-state index contributed by atoms with van der Waals surface area (Å²) in [6.07, 6.45) is 9.86. The lowest BCUT2D eigenvalue weighted by atomic mass is 9.93. The third-order valence-electron chi connectivity index (χ3n) is 11.1. The van der Waals surface area contributed by atoms with Crippen molar-refractivity contribution in [1.82, 2.24) is 4.57 Å². The number of carboxylic acid groups (broad SMARTS) is 1. The molecule has 0 radical (unpaired) electrons. The molecular formula is C44H39N2O11S4+. The predicted molar refractivity (Wildman–Crippen MR) is 235 cm³/mol. The van der Waals surface area contributed by atoms with Crippen molar-refractivity contribution in [3.63, 3.8) is 0 Å². The van der Waals surface area contributed by atoms with Gasteiger partial charge in [-0.15, -0.1) is 0 Å². The van der Waals surface area contributed by atoms with Crippen molar-refractivity contribution in [2.24, 2.45) is 0 Å². The van der Waals surface area contributed by atoms with E-state index in [0.717, 1.165) is 50.4 Å². The molecule has 2 heterocycles. The highest BCUT2D eigenvalue weighted by molar-refractivity contribution is 8.03. The lowest BCUT2D eigenvalue weighted by molar-refractivity contribution is -0.430. The third-order valence-corrected chi connectivity index (χ3v) is 15.0. The van der Waals surface area contributed by atoms with Crippen molar-refractivity contribution in [3.05, 3.63) is 130 Å². The van der Waals surface area contributed by atoms with Crippen molar-refractivity contribution < 1.29 is 53.4 Å². The van der Waals surface area contributed by atoms with E-state index in [1.807, 2.05) is 49.4 Å². The minimum atomic E-state index is -4.96. The summed E-state index contributed by atoms with van der Waals surface area (Å²) in [5.41, 5.74) is 5.16. The molecule has 61 heavy (non-hydrogen) atoms. The molecule has 0 saturated carbocycles. The molecule has 8 rings (SSSR count). The number of aliphatic carboxylic acids is 1. The average molecular weight is 900 g/mol. The molecule has 0 amide bonds.